The maximum absolute atomic E-state index is 12.2. The number of aliphatic carboxylic acids is 1. The largest absolute Gasteiger partial charge is 0.481 e. The third-order valence-electron chi connectivity index (χ3n) is 3.90. The van der Waals surface area contributed by atoms with Gasteiger partial charge in [-0.15, -0.1) is 0 Å². The Balaban J connectivity index is 2.63. The third kappa shape index (κ3) is 2.90. The molecule has 1 aliphatic carbocycles. The van der Waals surface area contributed by atoms with E-state index in [0.29, 0.717) is 6.42 Å². The van der Waals surface area contributed by atoms with E-state index in [-0.39, 0.29) is 11.9 Å². The minimum Gasteiger partial charge on any atom is -0.481 e. The van der Waals surface area contributed by atoms with Crippen LogP contribution in [0.1, 0.15) is 34.1 Å². The van der Waals surface area contributed by atoms with Gasteiger partial charge in [0.1, 0.15) is 0 Å². The van der Waals surface area contributed by atoms with Gasteiger partial charge < -0.3 is 16.2 Å². The minimum absolute atomic E-state index is 0.157. The average Bonchev–Trinajstić information content (AvgIpc) is 2.64. The lowest BCUT2D eigenvalue weighted by Crippen LogP contribution is -2.56. The summed E-state index contributed by atoms with van der Waals surface area (Å²) in [5.74, 6) is -1.53. The fraction of sp³-hybridized carbons (Fsp3) is 0.692. The van der Waals surface area contributed by atoms with Gasteiger partial charge in [-0.25, -0.2) is 0 Å². The second kappa shape index (κ2) is 4.72. The number of hydrogen-bond acceptors (Lipinski definition) is 3. The molecule has 0 aromatic carbocycles. The van der Waals surface area contributed by atoms with Crippen LogP contribution in [0, 0.1) is 11.3 Å². The van der Waals surface area contributed by atoms with Crippen molar-refractivity contribution < 1.29 is 14.7 Å². The van der Waals surface area contributed by atoms with Gasteiger partial charge in [0.05, 0.1) is 11.3 Å². The topological polar surface area (TPSA) is 92.4 Å². The summed E-state index contributed by atoms with van der Waals surface area (Å²) in [4.78, 5) is 23.0. The van der Waals surface area contributed by atoms with Crippen molar-refractivity contribution in [3.63, 3.8) is 0 Å². The number of amides is 1. The normalized spacial score (nSPS) is 24.1. The first-order chi connectivity index (χ1) is 8.05. The standard InChI is InChI=1S/C13H22N2O3/c1-12(2,13(3,4)14)11(18)15-9-6-5-8(7-9)10(16)17/h5-6,8-9H,7,14H2,1-4H3,(H,15,18)(H,16,17). The molecule has 0 bridgehead atoms. The van der Waals surface area contributed by atoms with E-state index in [4.69, 9.17) is 10.8 Å². The van der Waals surface area contributed by atoms with E-state index in [9.17, 15) is 9.59 Å². The maximum atomic E-state index is 12.2. The van der Waals surface area contributed by atoms with Crippen LogP contribution < -0.4 is 11.1 Å². The van der Waals surface area contributed by atoms with E-state index >= 15 is 0 Å². The molecule has 1 amide bonds. The highest BCUT2D eigenvalue weighted by Gasteiger charge is 2.41. The van der Waals surface area contributed by atoms with Crippen molar-refractivity contribution >= 4 is 11.9 Å². The number of carboxylic acid groups (broad SMARTS) is 1. The van der Waals surface area contributed by atoms with Gasteiger partial charge in [0.2, 0.25) is 5.91 Å². The summed E-state index contributed by atoms with van der Waals surface area (Å²) in [6.07, 6.45) is 3.76. The number of carbonyl (C=O) groups excluding carboxylic acids is 1. The fourth-order valence-electron chi connectivity index (χ4n) is 1.63. The van der Waals surface area contributed by atoms with Crippen LogP contribution in [0.5, 0.6) is 0 Å². The van der Waals surface area contributed by atoms with Gasteiger partial charge in [0, 0.05) is 11.6 Å². The Hall–Kier alpha value is -1.36. The molecule has 5 heteroatoms. The lowest BCUT2D eigenvalue weighted by Gasteiger charge is -2.37. The first-order valence-corrected chi connectivity index (χ1v) is 6.06. The Kier molecular flexibility index (Phi) is 3.86. The van der Waals surface area contributed by atoms with Gasteiger partial charge >= 0.3 is 5.97 Å². The third-order valence-corrected chi connectivity index (χ3v) is 3.90. The van der Waals surface area contributed by atoms with Crippen molar-refractivity contribution in [2.45, 2.75) is 45.7 Å². The van der Waals surface area contributed by atoms with Gasteiger partial charge in [-0.05, 0) is 34.1 Å². The molecule has 0 aromatic rings. The van der Waals surface area contributed by atoms with Crippen molar-refractivity contribution in [2.24, 2.45) is 17.1 Å². The summed E-state index contributed by atoms with van der Waals surface area (Å²) in [5, 5.41) is 11.7. The molecule has 5 nitrogen and oxygen atoms in total. The van der Waals surface area contributed by atoms with Gasteiger partial charge in [0.15, 0.2) is 0 Å². The van der Waals surface area contributed by atoms with Gasteiger partial charge in [-0.2, -0.15) is 0 Å². The van der Waals surface area contributed by atoms with Crippen LogP contribution in [0.15, 0.2) is 12.2 Å². The van der Waals surface area contributed by atoms with Crippen molar-refractivity contribution in [3.05, 3.63) is 12.2 Å². The van der Waals surface area contributed by atoms with Crippen molar-refractivity contribution in [1.82, 2.24) is 5.32 Å². The Morgan fingerprint density at radius 2 is 1.83 bits per heavy atom. The van der Waals surface area contributed by atoms with Crippen LogP contribution in [0.4, 0.5) is 0 Å². The summed E-state index contributed by atoms with van der Waals surface area (Å²) in [6.45, 7) is 7.18. The lowest BCUT2D eigenvalue weighted by atomic mass is 9.74. The molecular weight excluding hydrogens is 232 g/mol. The van der Waals surface area contributed by atoms with E-state index in [1.807, 2.05) is 0 Å². The lowest BCUT2D eigenvalue weighted by molar-refractivity contribution is -0.140. The monoisotopic (exact) mass is 254 g/mol. The quantitative estimate of drug-likeness (QED) is 0.650. The number of carbonyl (C=O) groups is 2. The van der Waals surface area contributed by atoms with E-state index in [0.717, 1.165) is 0 Å². The molecule has 2 unspecified atom stereocenters. The number of nitrogens with one attached hydrogen (secondary N) is 1. The summed E-state index contributed by atoms with van der Waals surface area (Å²) in [6, 6.07) is -0.222. The molecule has 102 valence electrons. The minimum atomic E-state index is -0.860. The summed E-state index contributed by atoms with van der Waals surface area (Å²) in [5.41, 5.74) is 4.62. The predicted molar refractivity (Wildman–Crippen MR) is 68.9 cm³/mol. The Labute approximate surface area is 107 Å². The molecule has 0 aliphatic heterocycles. The smallest absolute Gasteiger partial charge is 0.310 e. The maximum Gasteiger partial charge on any atom is 0.310 e. The molecule has 1 rings (SSSR count). The molecule has 0 saturated heterocycles. The molecule has 0 heterocycles. The molecule has 4 N–H and O–H groups in total. The number of hydrogen-bond donors (Lipinski definition) is 3. The highest BCUT2D eigenvalue weighted by Crippen LogP contribution is 2.29. The molecule has 0 spiro atoms. The Morgan fingerprint density at radius 3 is 2.22 bits per heavy atom. The molecule has 0 fully saturated rings. The first kappa shape index (κ1) is 14.7. The van der Waals surface area contributed by atoms with Crippen molar-refractivity contribution in [1.29, 1.82) is 0 Å². The van der Waals surface area contributed by atoms with E-state index in [1.54, 1.807) is 39.8 Å². The van der Waals surface area contributed by atoms with Crippen molar-refractivity contribution in [2.75, 3.05) is 0 Å². The average molecular weight is 254 g/mol. The van der Waals surface area contributed by atoms with Crippen LogP contribution >= 0.6 is 0 Å². The zero-order chi connectivity index (χ0) is 14.1. The van der Waals surface area contributed by atoms with Gasteiger partial charge in [0.25, 0.3) is 0 Å². The predicted octanol–water partition coefficient (Wildman–Crippen LogP) is 0.895. The number of carboxylic acids is 1. The highest BCUT2D eigenvalue weighted by atomic mass is 16.4. The fourth-order valence-corrected chi connectivity index (χ4v) is 1.63. The summed E-state index contributed by atoms with van der Waals surface area (Å²) < 4.78 is 0. The van der Waals surface area contributed by atoms with Crippen LogP contribution in [0.3, 0.4) is 0 Å². The summed E-state index contributed by atoms with van der Waals surface area (Å²) in [7, 11) is 0. The SMILES string of the molecule is CC(C)(N)C(C)(C)C(=O)NC1C=CC(C(=O)O)C1. The second-order valence-electron chi connectivity index (χ2n) is 5.99. The Morgan fingerprint density at radius 1 is 1.28 bits per heavy atom. The van der Waals surface area contributed by atoms with E-state index < -0.39 is 22.8 Å². The second-order valence-corrected chi connectivity index (χ2v) is 5.99. The van der Waals surface area contributed by atoms with E-state index in [2.05, 4.69) is 5.32 Å². The first-order valence-electron chi connectivity index (χ1n) is 6.06. The molecule has 1 aliphatic rings. The van der Waals surface area contributed by atoms with Gasteiger partial charge in [-0.1, -0.05) is 12.2 Å². The zero-order valence-electron chi connectivity index (χ0n) is 11.4. The molecular formula is C13H22N2O3. The van der Waals surface area contributed by atoms with Crippen molar-refractivity contribution in [3.8, 4) is 0 Å². The molecule has 0 radical (unpaired) electrons. The summed E-state index contributed by atoms with van der Waals surface area (Å²) >= 11 is 0. The van der Waals surface area contributed by atoms with Crippen LogP contribution in [0.2, 0.25) is 0 Å². The zero-order valence-corrected chi connectivity index (χ0v) is 11.4. The molecule has 0 saturated carbocycles. The Bertz CT molecular complexity index is 380. The van der Waals surface area contributed by atoms with Gasteiger partial charge in [-0.3, -0.25) is 9.59 Å². The highest BCUT2D eigenvalue weighted by molar-refractivity contribution is 5.84. The van der Waals surface area contributed by atoms with Crippen LogP contribution in [-0.2, 0) is 9.59 Å². The number of rotatable bonds is 4. The molecule has 0 aromatic heterocycles. The molecule has 2 atom stereocenters. The van der Waals surface area contributed by atoms with E-state index in [1.165, 1.54) is 0 Å². The van der Waals surface area contributed by atoms with Crippen LogP contribution in [-0.4, -0.2) is 28.6 Å². The van der Waals surface area contributed by atoms with Crippen LogP contribution in [0.25, 0.3) is 0 Å². The molecule has 18 heavy (non-hydrogen) atoms. The number of nitrogens with two attached hydrogens (primary N) is 1.